The van der Waals surface area contributed by atoms with Gasteiger partial charge in [-0.3, -0.25) is 4.90 Å². The third-order valence-electron chi connectivity index (χ3n) is 6.22. The maximum atomic E-state index is 12.9. The molecule has 1 saturated heterocycles. The number of methoxy groups -OCH3 is 1. The van der Waals surface area contributed by atoms with E-state index in [-0.39, 0.29) is 18.3 Å². The van der Waals surface area contributed by atoms with Crippen LogP contribution in [0.4, 0.5) is 4.79 Å². The molecule has 1 heterocycles. The molecule has 0 spiro atoms. The van der Waals surface area contributed by atoms with E-state index in [0.29, 0.717) is 25.3 Å². The number of rotatable bonds is 10. The van der Waals surface area contributed by atoms with E-state index in [1.54, 1.807) is 12.0 Å². The molecular formula is C24H31N3O4S. The third-order valence-corrected chi connectivity index (χ3v) is 7.81. The molecular weight excluding hydrogens is 426 g/mol. The molecule has 0 radical (unpaired) electrons. The Kier molecular flexibility index (Phi) is 6.44. The second-order valence-corrected chi connectivity index (χ2v) is 10.4. The van der Waals surface area contributed by atoms with E-state index in [9.17, 15) is 13.2 Å². The molecule has 1 aliphatic carbocycles. The summed E-state index contributed by atoms with van der Waals surface area (Å²) in [5, 5.41) is 2.87. The highest BCUT2D eigenvalue weighted by Gasteiger charge is 2.49. The van der Waals surface area contributed by atoms with Crippen LogP contribution in [0, 0.1) is 0 Å². The predicted molar refractivity (Wildman–Crippen MR) is 124 cm³/mol. The minimum Gasteiger partial charge on any atom is -0.497 e. The van der Waals surface area contributed by atoms with E-state index in [0.717, 1.165) is 16.9 Å². The number of sulfonamides is 1. The van der Waals surface area contributed by atoms with Crippen molar-refractivity contribution in [1.29, 1.82) is 0 Å². The summed E-state index contributed by atoms with van der Waals surface area (Å²) < 4.78 is 33.8. The number of ether oxygens (including phenoxy) is 1. The highest BCUT2D eigenvalue weighted by molar-refractivity contribution is 7.89. The normalized spacial score (nSPS) is 20.9. The molecule has 1 saturated carbocycles. The van der Waals surface area contributed by atoms with Crippen LogP contribution >= 0.6 is 0 Å². The van der Waals surface area contributed by atoms with E-state index in [4.69, 9.17) is 4.74 Å². The molecule has 2 aliphatic rings. The van der Waals surface area contributed by atoms with E-state index >= 15 is 0 Å². The summed E-state index contributed by atoms with van der Waals surface area (Å²) >= 11 is 0. The quantitative estimate of drug-likeness (QED) is 0.573. The number of hydrogen-bond donors (Lipinski definition) is 2. The molecule has 2 fully saturated rings. The van der Waals surface area contributed by atoms with Gasteiger partial charge in [-0.05, 0) is 60.4 Å². The van der Waals surface area contributed by atoms with E-state index in [1.807, 2.05) is 43.3 Å². The molecule has 32 heavy (non-hydrogen) atoms. The first kappa shape index (κ1) is 22.6. The van der Waals surface area contributed by atoms with Gasteiger partial charge in [0, 0.05) is 6.54 Å². The van der Waals surface area contributed by atoms with Crippen molar-refractivity contribution in [1.82, 2.24) is 14.9 Å². The number of hydrogen-bond acceptors (Lipinski definition) is 4. The van der Waals surface area contributed by atoms with Crippen LogP contribution in [0.1, 0.15) is 48.8 Å². The van der Waals surface area contributed by atoms with Crippen molar-refractivity contribution in [2.45, 2.75) is 44.2 Å². The monoisotopic (exact) mass is 457 g/mol. The number of benzene rings is 2. The lowest BCUT2D eigenvalue weighted by Crippen LogP contribution is -2.58. The van der Waals surface area contributed by atoms with Gasteiger partial charge in [-0.15, -0.1) is 0 Å². The number of amides is 2. The fraction of sp³-hybridized carbons (Fsp3) is 0.458. The lowest BCUT2D eigenvalue weighted by Gasteiger charge is -2.38. The molecule has 1 unspecified atom stereocenters. The first-order valence-electron chi connectivity index (χ1n) is 11.2. The SMILES string of the molecule is CCCS(=O)(=O)NC1(c2ccc(C3CC3)cc2)CNC(=O)N1CCc1ccc(OC)cc1. The molecule has 2 amide bonds. The van der Waals surface area contributed by atoms with Gasteiger partial charge < -0.3 is 10.1 Å². The van der Waals surface area contributed by atoms with Crippen molar-refractivity contribution in [3.05, 3.63) is 65.2 Å². The van der Waals surface area contributed by atoms with Gasteiger partial charge in [0.1, 0.15) is 5.75 Å². The highest BCUT2D eigenvalue weighted by atomic mass is 32.2. The molecule has 1 aliphatic heterocycles. The molecule has 4 rings (SSSR count). The molecule has 1 atom stereocenters. The Hall–Kier alpha value is -2.58. The van der Waals surface area contributed by atoms with Crippen LogP contribution in [0.15, 0.2) is 48.5 Å². The van der Waals surface area contributed by atoms with Crippen molar-refractivity contribution in [2.75, 3.05) is 26.0 Å². The standard InChI is InChI=1S/C24H31N3O4S/c1-3-16-32(29,30)26-24(21-10-8-20(9-11-21)19-6-7-19)17-25-23(28)27(24)15-14-18-4-12-22(31-2)13-5-18/h4-5,8-13,19,26H,3,6-7,14-17H2,1-2H3,(H,25,28). The number of urea groups is 1. The van der Waals surface area contributed by atoms with Gasteiger partial charge in [-0.2, -0.15) is 4.72 Å². The van der Waals surface area contributed by atoms with Gasteiger partial charge >= 0.3 is 6.03 Å². The highest BCUT2D eigenvalue weighted by Crippen LogP contribution is 2.41. The maximum absolute atomic E-state index is 12.9. The zero-order chi connectivity index (χ0) is 22.8. The first-order valence-corrected chi connectivity index (χ1v) is 12.8. The maximum Gasteiger partial charge on any atom is 0.319 e. The molecule has 2 aromatic rings. The van der Waals surface area contributed by atoms with Crippen molar-refractivity contribution < 1.29 is 17.9 Å². The minimum atomic E-state index is -3.58. The van der Waals surface area contributed by atoms with Gasteiger partial charge in [-0.25, -0.2) is 13.2 Å². The van der Waals surface area contributed by atoms with Gasteiger partial charge in [-0.1, -0.05) is 43.3 Å². The van der Waals surface area contributed by atoms with Crippen LogP contribution in [-0.4, -0.2) is 45.3 Å². The number of nitrogens with zero attached hydrogens (tertiary/aromatic N) is 1. The Morgan fingerprint density at radius 2 is 1.81 bits per heavy atom. The molecule has 8 heteroatoms. The number of carbonyl (C=O) groups excluding carboxylic acids is 1. The van der Waals surface area contributed by atoms with Crippen LogP contribution in [-0.2, 0) is 22.1 Å². The smallest absolute Gasteiger partial charge is 0.319 e. The molecule has 2 N–H and O–H groups in total. The third kappa shape index (κ3) is 4.76. The Balaban J connectivity index is 1.64. The lowest BCUT2D eigenvalue weighted by atomic mass is 9.97. The Bertz CT molecular complexity index is 1050. The summed E-state index contributed by atoms with van der Waals surface area (Å²) in [6.07, 6.45) is 3.48. The average Bonchev–Trinajstić information content (AvgIpc) is 3.58. The Morgan fingerprint density at radius 1 is 1.12 bits per heavy atom. The summed E-state index contributed by atoms with van der Waals surface area (Å²) in [4.78, 5) is 14.5. The fourth-order valence-corrected chi connectivity index (χ4v) is 5.78. The second-order valence-electron chi connectivity index (χ2n) is 8.59. The van der Waals surface area contributed by atoms with Crippen molar-refractivity contribution in [3.63, 3.8) is 0 Å². The number of carbonyl (C=O) groups is 1. The summed E-state index contributed by atoms with van der Waals surface area (Å²) in [6.45, 7) is 2.38. The summed E-state index contributed by atoms with van der Waals surface area (Å²) in [5.41, 5.74) is 1.93. The van der Waals surface area contributed by atoms with Gasteiger partial charge in [0.05, 0.1) is 19.4 Å². The Labute approximate surface area is 190 Å². The summed E-state index contributed by atoms with van der Waals surface area (Å²) in [7, 11) is -1.96. The Morgan fingerprint density at radius 3 is 2.41 bits per heavy atom. The van der Waals surface area contributed by atoms with E-state index < -0.39 is 15.7 Å². The van der Waals surface area contributed by atoms with Crippen molar-refractivity contribution in [2.24, 2.45) is 0 Å². The number of nitrogens with one attached hydrogen (secondary N) is 2. The molecule has 0 bridgehead atoms. The summed E-state index contributed by atoms with van der Waals surface area (Å²) in [5.74, 6) is 1.38. The van der Waals surface area contributed by atoms with Gasteiger partial charge in [0.25, 0.3) is 0 Å². The topological polar surface area (TPSA) is 87.7 Å². The van der Waals surface area contributed by atoms with E-state index in [2.05, 4.69) is 22.2 Å². The fourth-order valence-electron chi connectivity index (χ4n) is 4.33. The van der Waals surface area contributed by atoms with Crippen LogP contribution in [0.5, 0.6) is 5.75 Å². The minimum absolute atomic E-state index is 0.00934. The van der Waals surface area contributed by atoms with Gasteiger partial charge in [0.15, 0.2) is 5.66 Å². The van der Waals surface area contributed by atoms with Crippen LogP contribution in [0.3, 0.4) is 0 Å². The lowest BCUT2D eigenvalue weighted by molar-refractivity contribution is 0.147. The van der Waals surface area contributed by atoms with Gasteiger partial charge in [0.2, 0.25) is 10.0 Å². The van der Waals surface area contributed by atoms with Crippen molar-refractivity contribution in [3.8, 4) is 5.75 Å². The second kappa shape index (κ2) is 9.11. The average molecular weight is 458 g/mol. The molecule has 172 valence electrons. The molecule has 2 aromatic carbocycles. The largest absolute Gasteiger partial charge is 0.497 e. The van der Waals surface area contributed by atoms with Crippen LogP contribution < -0.4 is 14.8 Å². The zero-order valence-electron chi connectivity index (χ0n) is 18.6. The summed E-state index contributed by atoms with van der Waals surface area (Å²) in [6, 6.07) is 15.5. The zero-order valence-corrected chi connectivity index (χ0v) is 19.5. The van der Waals surface area contributed by atoms with E-state index in [1.165, 1.54) is 18.4 Å². The first-order chi connectivity index (χ1) is 15.4. The van der Waals surface area contributed by atoms with Crippen molar-refractivity contribution >= 4 is 16.1 Å². The molecule has 0 aromatic heterocycles. The van der Waals surface area contributed by atoms with Crippen LogP contribution in [0.25, 0.3) is 0 Å². The van der Waals surface area contributed by atoms with Crippen LogP contribution in [0.2, 0.25) is 0 Å². The molecule has 7 nitrogen and oxygen atoms in total. The predicted octanol–water partition coefficient (Wildman–Crippen LogP) is 3.32.